The van der Waals surface area contributed by atoms with Crippen LogP contribution in [0.25, 0.3) is 0 Å². The molecule has 0 aliphatic carbocycles. The first-order valence-corrected chi connectivity index (χ1v) is 14.1. The number of hydrogen-bond acceptors (Lipinski definition) is 7. The molecule has 4 rings (SSSR count). The molecule has 2 aliphatic rings. The van der Waals surface area contributed by atoms with E-state index < -0.39 is 10.0 Å². The minimum atomic E-state index is -3.83. The van der Waals surface area contributed by atoms with Crippen LogP contribution in [-0.4, -0.2) is 91.9 Å². The summed E-state index contributed by atoms with van der Waals surface area (Å²) >= 11 is 0. The zero-order chi connectivity index (χ0) is 26.4. The number of carbonyl (C=O) groups is 2. The maximum absolute atomic E-state index is 13.5. The molecule has 1 N–H and O–H groups in total. The number of nitrogens with zero attached hydrogens (tertiary/aromatic N) is 5. The average molecular weight is 533 g/mol. The first-order valence-electron chi connectivity index (χ1n) is 12.7. The number of hydrogen-bond donors (Lipinski definition) is 1. The van der Waals surface area contributed by atoms with Crippen LogP contribution < -0.4 is 15.0 Å². The summed E-state index contributed by atoms with van der Waals surface area (Å²) in [5.41, 5.74) is 1.07. The minimum absolute atomic E-state index is 0.0354. The summed E-state index contributed by atoms with van der Waals surface area (Å²) in [6, 6.07) is 7.90. The fourth-order valence-electron chi connectivity index (χ4n) is 4.86. The van der Waals surface area contributed by atoms with Crippen molar-refractivity contribution in [3.05, 3.63) is 36.8 Å². The Morgan fingerprint density at radius 1 is 1.11 bits per heavy atom. The number of anilines is 1. The van der Waals surface area contributed by atoms with E-state index in [-0.39, 0.29) is 42.3 Å². The Morgan fingerprint density at radius 3 is 2.59 bits per heavy atom. The Kier molecular flexibility index (Phi) is 8.70. The van der Waals surface area contributed by atoms with E-state index in [9.17, 15) is 18.0 Å². The Morgan fingerprint density at radius 2 is 1.89 bits per heavy atom. The summed E-state index contributed by atoms with van der Waals surface area (Å²) in [7, 11) is -0.476. The molecule has 2 aromatic rings. The standard InChI is InChI=1S/C25H36N6O5S/c1-28-18-24(27-19-28)37(34,35)31-11-4-5-20(8-10-26-23(32)9-12-31)25(33)30-15-13-29(14-16-30)21-6-3-7-22(17-21)36-2/h3,6-7,17-20H,4-5,8-16H2,1-2H3,(H,26,32). The highest BCUT2D eigenvalue weighted by molar-refractivity contribution is 7.89. The van der Waals surface area contributed by atoms with Crippen LogP contribution in [-0.2, 0) is 26.7 Å². The van der Waals surface area contributed by atoms with Gasteiger partial charge in [-0.1, -0.05) is 6.07 Å². The third-order valence-electron chi connectivity index (χ3n) is 7.01. The SMILES string of the molecule is COc1cccc(N2CCN(C(=O)C3CCCN(S(=O)(=O)c4cn(C)cn4)CCC(=O)NCC3)CC2)c1. The maximum Gasteiger partial charge on any atom is 0.262 e. The van der Waals surface area contributed by atoms with Gasteiger partial charge in [0.1, 0.15) is 5.75 Å². The van der Waals surface area contributed by atoms with E-state index in [2.05, 4.69) is 15.2 Å². The van der Waals surface area contributed by atoms with Gasteiger partial charge in [0, 0.05) is 83.2 Å². The monoisotopic (exact) mass is 532 g/mol. The summed E-state index contributed by atoms with van der Waals surface area (Å²) in [5.74, 6) is 0.370. The van der Waals surface area contributed by atoms with E-state index >= 15 is 0 Å². The van der Waals surface area contributed by atoms with Crippen molar-refractivity contribution in [1.29, 1.82) is 0 Å². The first kappa shape index (κ1) is 26.9. The second kappa shape index (κ2) is 12.0. The van der Waals surface area contributed by atoms with E-state index in [0.29, 0.717) is 38.9 Å². The lowest BCUT2D eigenvalue weighted by atomic mass is 9.97. The zero-order valence-corrected chi connectivity index (χ0v) is 22.3. The van der Waals surface area contributed by atoms with Crippen LogP contribution in [0.3, 0.4) is 0 Å². The molecule has 2 fully saturated rings. The minimum Gasteiger partial charge on any atom is -0.497 e. The molecule has 12 heteroatoms. The summed E-state index contributed by atoms with van der Waals surface area (Å²) < 4.78 is 34.5. The van der Waals surface area contributed by atoms with Crippen molar-refractivity contribution in [2.24, 2.45) is 13.0 Å². The van der Waals surface area contributed by atoms with E-state index in [1.54, 1.807) is 18.7 Å². The molecule has 0 radical (unpaired) electrons. The normalized spacial score (nSPS) is 20.7. The van der Waals surface area contributed by atoms with Gasteiger partial charge in [-0.25, -0.2) is 13.4 Å². The van der Waals surface area contributed by atoms with Gasteiger partial charge in [0.15, 0.2) is 5.03 Å². The molecule has 0 spiro atoms. The van der Waals surface area contributed by atoms with Crippen molar-refractivity contribution in [2.75, 3.05) is 57.8 Å². The number of sulfonamides is 1. The van der Waals surface area contributed by atoms with Gasteiger partial charge in [0.2, 0.25) is 11.8 Å². The van der Waals surface area contributed by atoms with Crippen molar-refractivity contribution < 1.29 is 22.7 Å². The first-order chi connectivity index (χ1) is 17.8. The number of amides is 2. The van der Waals surface area contributed by atoms with Gasteiger partial charge in [0.25, 0.3) is 10.0 Å². The molecule has 1 aromatic heterocycles. The highest BCUT2D eigenvalue weighted by Gasteiger charge is 2.31. The van der Waals surface area contributed by atoms with Crippen LogP contribution in [0.4, 0.5) is 5.69 Å². The Balaban J connectivity index is 1.39. The number of imidazole rings is 1. The lowest BCUT2D eigenvalue weighted by Crippen LogP contribution is -2.50. The number of rotatable bonds is 5. The quantitative estimate of drug-likeness (QED) is 0.612. The van der Waals surface area contributed by atoms with Gasteiger partial charge in [-0.2, -0.15) is 4.31 Å². The van der Waals surface area contributed by atoms with Crippen LogP contribution in [0.15, 0.2) is 41.8 Å². The molecule has 2 aliphatic heterocycles. The molecule has 37 heavy (non-hydrogen) atoms. The fraction of sp³-hybridized carbons (Fsp3) is 0.560. The number of aromatic nitrogens is 2. The maximum atomic E-state index is 13.5. The second-order valence-corrected chi connectivity index (χ2v) is 11.4. The van der Waals surface area contributed by atoms with Gasteiger partial charge in [-0.15, -0.1) is 0 Å². The molecule has 2 amide bonds. The summed E-state index contributed by atoms with van der Waals surface area (Å²) in [6.45, 7) is 3.37. The second-order valence-electron chi connectivity index (χ2n) is 9.52. The lowest BCUT2D eigenvalue weighted by molar-refractivity contribution is -0.136. The molecule has 1 unspecified atom stereocenters. The number of aryl methyl sites for hydroxylation is 1. The average Bonchev–Trinajstić information content (AvgIpc) is 3.34. The highest BCUT2D eigenvalue weighted by atomic mass is 32.2. The molecule has 202 valence electrons. The van der Waals surface area contributed by atoms with Crippen molar-refractivity contribution in [3.8, 4) is 5.75 Å². The molecule has 3 heterocycles. The predicted molar refractivity (Wildman–Crippen MR) is 139 cm³/mol. The van der Waals surface area contributed by atoms with Gasteiger partial charge in [-0.05, 0) is 31.4 Å². The lowest BCUT2D eigenvalue weighted by Gasteiger charge is -2.37. The van der Waals surface area contributed by atoms with Crippen LogP contribution >= 0.6 is 0 Å². The number of carbonyl (C=O) groups excluding carboxylic acids is 2. The van der Waals surface area contributed by atoms with Crippen LogP contribution in [0, 0.1) is 5.92 Å². The molecule has 0 saturated carbocycles. The van der Waals surface area contributed by atoms with Gasteiger partial charge in [-0.3, -0.25) is 9.59 Å². The summed E-state index contributed by atoms with van der Waals surface area (Å²) in [5, 5.41) is 2.82. The highest BCUT2D eigenvalue weighted by Crippen LogP contribution is 2.24. The van der Waals surface area contributed by atoms with Crippen LogP contribution in [0.5, 0.6) is 5.75 Å². The number of benzene rings is 1. The number of piperazine rings is 1. The topological polar surface area (TPSA) is 117 Å². The summed E-state index contributed by atoms with van der Waals surface area (Å²) in [4.78, 5) is 34.0. The molecule has 2 saturated heterocycles. The molecule has 1 atom stereocenters. The smallest absolute Gasteiger partial charge is 0.262 e. The van der Waals surface area contributed by atoms with Crippen molar-refractivity contribution in [3.63, 3.8) is 0 Å². The Hall–Kier alpha value is -3.12. The van der Waals surface area contributed by atoms with Crippen molar-refractivity contribution in [1.82, 2.24) is 24.1 Å². The molecule has 0 bridgehead atoms. The van der Waals surface area contributed by atoms with Gasteiger partial charge >= 0.3 is 0 Å². The number of nitrogens with one attached hydrogen (secondary N) is 1. The van der Waals surface area contributed by atoms with Gasteiger partial charge < -0.3 is 24.4 Å². The fourth-order valence-corrected chi connectivity index (χ4v) is 6.31. The van der Waals surface area contributed by atoms with Crippen molar-refractivity contribution in [2.45, 2.75) is 30.7 Å². The number of methoxy groups -OCH3 is 1. The van der Waals surface area contributed by atoms with E-state index in [1.807, 2.05) is 29.2 Å². The Labute approximate surface area is 218 Å². The summed E-state index contributed by atoms with van der Waals surface area (Å²) in [6.07, 6.45) is 4.58. The van der Waals surface area contributed by atoms with E-state index in [1.165, 1.54) is 16.8 Å². The molecule has 11 nitrogen and oxygen atoms in total. The van der Waals surface area contributed by atoms with Crippen molar-refractivity contribution >= 4 is 27.5 Å². The molecule has 1 aromatic carbocycles. The number of ether oxygens (including phenoxy) is 1. The van der Waals surface area contributed by atoms with Crippen LogP contribution in [0.1, 0.15) is 25.7 Å². The predicted octanol–water partition coefficient (Wildman–Crippen LogP) is 1.07. The Bertz CT molecular complexity index is 1190. The van der Waals surface area contributed by atoms with E-state index in [0.717, 1.165) is 24.5 Å². The zero-order valence-electron chi connectivity index (χ0n) is 21.5. The molecular formula is C25H36N6O5S. The van der Waals surface area contributed by atoms with E-state index in [4.69, 9.17) is 4.74 Å². The molecular weight excluding hydrogens is 496 g/mol. The van der Waals surface area contributed by atoms with Gasteiger partial charge in [0.05, 0.1) is 13.4 Å². The largest absolute Gasteiger partial charge is 0.497 e. The third-order valence-corrected chi connectivity index (χ3v) is 8.79. The van der Waals surface area contributed by atoms with Crippen LogP contribution in [0.2, 0.25) is 0 Å². The third kappa shape index (κ3) is 6.61.